The van der Waals surface area contributed by atoms with Gasteiger partial charge in [0.1, 0.15) is 5.84 Å². The molecule has 2 aromatic rings. The molecule has 36 heavy (non-hydrogen) atoms. The van der Waals surface area contributed by atoms with Crippen molar-refractivity contribution in [3.05, 3.63) is 59.1 Å². The predicted octanol–water partition coefficient (Wildman–Crippen LogP) is 6.89. The molecule has 0 unspecified atom stereocenters. The number of carbonyl (C=O) groups excluding carboxylic acids is 1. The lowest BCUT2D eigenvalue weighted by Gasteiger charge is -2.46. The Bertz CT molecular complexity index is 1100. The summed E-state index contributed by atoms with van der Waals surface area (Å²) in [5, 5.41) is 8.09. The molecule has 2 N–H and O–H groups in total. The third-order valence-corrected chi connectivity index (χ3v) is 7.48. The first-order valence-corrected chi connectivity index (χ1v) is 13.6. The van der Waals surface area contributed by atoms with E-state index in [0.29, 0.717) is 13.0 Å². The van der Waals surface area contributed by atoms with Gasteiger partial charge in [0.2, 0.25) is 5.91 Å². The molecule has 5 nitrogen and oxygen atoms in total. The summed E-state index contributed by atoms with van der Waals surface area (Å²) in [6.07, 6.45) is 15.2. The van der Waals surface area contributed by atoms with E-state index in [1.165, 1.54) is 19.3 Å². The van der Waals surface area contributed by atoms with Gasteiger partial charge >= 0.3 is 0 Å². The van der Waals surface area contributed by atoms with Crippen molar-refractivity contribution in [2.45, 2.75) is 76.3 Å². The SMILES string of the molecule is C#CCCCCCCCCC(=O)N1CCC2(CC1)Nc1ccccc1NC2=NCc1cccc(Cl)c1. The summed E-state index contributed by atoms with van der Waals surface area (Å²) in [6.45, 7) is 2.02. The number of fused-ring (bicyclic) bond motifs is 1. The fourth-order valence-corrected chi connectivity index (χ4v) is 5.34. The van der Waals surface area contributed by atoms with E-state index in [4.69, 9.17) is 23.0 Å². The number of unbranched alkanes of at least 4 members (excludes halogenated alkanes) is 6. The van der Waals surface area contributed by atoms with E-state index in [1.54, 1.807) is 0 Å². The van der Waals surface area contributed by atoms with Gasteiger partial charge in [0.25, 0.3) is 0 Å². The van der Waals surface area contributed by atoms with Crippen LogP contribution >= 0.6 is 11.6 Å². The Morgan fingerprint density at radius 1 is 1.00 bits per heavy atom. The molecular weight excluding hydrogens is 468 g/mol. The zero-order valence-electron chi connectivity index (χ0n) is 21.1. The van der Waals surface area contributed by atoms with E-state index >= 15 is 0 Å². The maximum absolute atomic E-state index is 12.9. The summed E-state index contributed by atoms with van der Waals surface area (Å²) in [4.78, 5) is 19.9. The van der Waals surface area contributed by atoms with Crippen LogP contribution in [-0.4, -0.2) is 35.3 Å². The molecule has 2 aromatic carbocycles. The molecular formula is C30H37ClN4O. The van der Waals surface area contributed by atoms with E-state index in [9.17, 15) is 4.79 Å². The number of nitrogens with one attached hydrogen (secondary N) is 2. The number of para-hydroxylation sites is 2. The van der Waals surface area contributed by atoms with Crippen LogP contribution in [0.2, 0.25) is 5.02 Å². The largest absolute Gasteiger partial charge is 0.371 e. The molecule has 2 aliphatic rings. The molecule has 4 rings (SSSR count). The molecule has 0 atom stereocenters. The number of piperidine rings is 1. The Kier molecular flexibility index (Phi) is 9.30. The normalized spacial score (nSPS) is 17.2. The van der Waals surface area contributed by atoms with Gasteiger partial charge in [-0.2, -0.15) is 0 Å². The van der Waals surface area contributed by atoms with Gasteiger partial charge in [0, 0.05) is 31.0 Å². The van der Waals surface area contributed by atoms with Crippen molar-refractivity contribution in [3.8, 4) is 12.3 Å². The van der Waals surface area contributed by atoms with E-state index in [0.717, 1.165) is 79.4 Å². The van der Waals surface area contributed by atoms with Crippen molar-refractivity contribution in [1.29, 1.82) is 0 Å². The first-order valence-electron chi connectivity index (χ1n) is 13.2. The Morgan fingerprint density at radius 2 is 1.72 bits per heavy atom. The summed E-state index contributed by atoms with van der Waals surface area (Å²) < 4.78 is 0. The highest BCUT2D eigenvalue weighted by atomic mass is 35.5. The maximum Gasteiger partial charge on any atom is 0.222 e. The van der Waals surface area contributed by atoms with Gasteiger partial charge in [-0.25, -0.2) is 0 Å². The Balaban J connectivity index is 1.34. The Hall–Kier alpha value is -2.97. The molecule has 0 aliphatic carbocycles. The second-order valence-electron chi connectivity index (χ2n) is 9.88. The highest BCUT2D eigenvalue weighted by Crippen LogP contribution is 2.37. The number of anilines is 2. The minimum absolute atomic E-state index is 0.277. The van der Waals surface area contributed by atoms with Gasteiger partial charge in [-0.05, 0) is 55.5 Å². The molecule has 190 valence electrons. The predicted molar refractivity (Wildman–Crippen MR) is 151 cm³/mol. The van der Waals surface area contributed by atoms with Crippen LogP contribution in [0.5, 0.6) is 0 Å². The molecule has 0 radical (unpaired) electrons. The number of terminal acetylenes is 1. The Labute approximate surface area is 220 Å². The maximum atomic E-state index is 12.9. The first-order chi connectivity index (χ1) is 17.6. The second kappa shape index (κ2) is 12.8. The van der Waals surface area contributed by atoms with E-state index in [2.05, 4.69) is 28.7 Å². The van der Waals surface area contributed by atoms with E-state index < -0.39 is 0 Å². The van der Waals surface area contributed by atoms with Crippen molar-refractivity contribution in [2.24, 2.45) is 4.99 Å². The van der Waals surface area contributed by atoms with Gasteiger partial charge in [-0.15, -0.1) is 12.3 Å². The number of likely N-dealkylation sites (tertiary alicyclic amines) is 1. The van der Waals surface area contributed by atoms with Crippen molar-refractivity contribution < 1.29 is 4.79 Å². The molecule has 0 aromatic heterocycles. The Morgan fingerprint density at radius 3 is 2.47 bits per heavy atom. The van der Waals surface area contributed by atoms with Gasteiger partial charge in [0.15, 0.2) is 0 Å². The van der Waals surface area contributed by atoms with Crippen molar-refractivity contribution in [1.82, 2.24) is 4.90 Å². The molecule has 1 spiro atoms. The number of halogens is 1. The number of amidine groups is 1. The molecule has 0 bridgehead atoms. The van der Waals surface area contributed by atoms with Crippen LogP contribution in [0.1, 0.15) is 69.8 Å². The zero-order valence-corrected chi connectivity index (χ0v) is 21.8. The lowest BCUT2D eigenvalue weighted by molar-refractivity contribution is -0.132. The van der Waals surface area contributed by atoms with Gasteiger partial charge < -0.3 is 15.5 Å². The summed E-state index contributed by atoms with van der Waals surface area (Å²) in [5.74, 6) is 3.92. The summed E-state index contributed by atoms with van der Waals surface area (Å²) in [6, 6.07) is 16.1. The quantitative estimate of drug-likeness (QED) is 0.273. The van der Waals surface area contributed by atoms with Crippen LogP contribution in [0.3, 0.4) is 0 Å². The van der Waals surface area contributed by atoms with Crippen LogP contribution in [-0.2, 0) is 11.3 Å². The topological polar surface area (TPSA) is 56.7 Å². The summed E-state index contributed by atoms with van der Waals surface area (Å²) in [5.41, 5.74) is 2.89. The lowest BCUT2D eigenvalue weighted by atomic mass is 9.83. The molecule has 1 fully saturated rings. The monoisotopic (exact) mass is 504 g/mol. The average Bonchev–Trinajstić information content (AvgIpc) is 2.89. The van der Waals surface area contributed by atoms with Crippen LogP contribution in [0.4, 0.5) is 11.4 Å². The minimum Gasteiger partial charge on any atom is -0.371 e. The first kappa shape index (κ1) is 26.1. The highest BCUT2D eigenvalue weighted by molar-refractivity contribution is 6.30. The number of nitrogens with zero attached hydrogens (tertiary/aromatic N) is 2. The number of rotatable bonds is 10. The average molecular weight is 505 g/mol. The van der Waals surface area contributed by atoms with Gasteiger partial charge in [-0.3, -0.25) is 9.79 Å². The lowest BCUT2D eigenvalue weighted by Crippen LogP contribution is -2.59. The molecule has 1 saturated heterocycles. The molecule has 1 amide bonds. The minimum atomic E-state index is -0.303. The number of hydrogen-bond acceptors (Lipinski definition) is 3. The third kappa shape index (κ3) is 6.83. The number of benzene rings is 2. The molecule has 2 heterocycles. The molecule has 6 heteroatoms. The second-order valence-corrected chi connectivity index (χ2v) is 10.3. The molecule has 0 saturated carbocycles. The van der Waals surface area contributed by atoms with E-state index in [1.807, 2.05) is 41.3 Å². The fourth-order valence-electron chi connectivity index (χ4n) is 5.13. The van der Waals surface area contributed by atoms with Crippen LogP contribution in [0.25, 0.3) is 0 Å². The number of carbonyl (C=O) groups is 1. The standard InChI is InChI=1S/C30H37ClN4O/c1-2-3-4-5-6-7-8-9-17-28(36)35-20-18-30(19-21-35)29(32-23-24-13-12-14-25(31)22-24)33-26-15-10-11-16-27(26)34-30/h1,10-16,22,34H,3-9,17-21,23H2,(H,32,33). The smallest absolute Gasteiger partial charge is 0.222 e. The number of aliphatic imine (C=N–C) groups is 1. The van der Waals surface area contributed by atoms with Crippen LogP contribution in [0, 0.1) is 12.3 Å². The van der Waals surface area contributed by atoms with Gasteiger partial charge in [0.05, 0.1) is 23.5 Å². The van der Waals surface area contributed by atoms with Crippen LogP contribution < -0.4 is 10.6 Å². The van der Waals surface area contributed by atoms with Crippen molar-refractivity contribution in [2.75, 3.05) is 23.7 Å². The summed E-state index contributed by atoms with van der Waals surface area (Å²) >= 11 is 6.18. The number of hydrogen-bond donors (Lipinski definition) is 2. The van der Waals surface area contributed by atoms with E-state index in [-0.39, 0.29) is 11.4 Å². The van der Waals surface area contributed by atoms with Crippen LogP contribution in [0.15, 0.2) is 53.5 Å². The van der Waals surface area contributed by atoms with Gasteiger partial charge in [-0.1, -0.05) is 61.5 Å². The van der Waals surface area contributed by atoms with Crippen molar-refractivity contribution >= 4 is 34.7 Å². The summed E-state index contributed by atoms with van der Waals surface area (Å²) in [7, 11) is 0. The van der Waals surface area contributed by atoms with Crippen molar-refractivity contribution in [3.63, 3.8) is 0 Å². The zero-order chi connectivity index (χ0) is 25.2. The number of amides is 1. The fraction of sp³-hybridized carbons (Fsp3) is 0.467. The molecule has 2 aliphatic heterocycles. The third-order valence-electron chi connectivity index (χ3n) is 7.25. The highest BCUT2D eigenvalue weighted by Gasteiger charge is 2.43.